The van der Waals surface area contributed by atoms with Crippen LogP contribution in [0.25, 0.3) is 0 Å². The molecule has 4 rings (SSSR count). The van der Waals surface area contributed by atoms with Gasteiger partial charge in [0.05, 0.1) is 14.2 Å². The van der Waals surface area contributed by atoms with Gasteiger partial charge < -0.3 is 14.2 Å². The van der Waals surface area contributed by atoms with Gasteiger partial charge >= 0.3 is 0 Å². The van der Waals surface area contributed by atoms with Gasteiger partial charge in [-0.1, -0.05) is 55.8 Å². The topological polar surface area (TPSA) is 113 Å². The Hall–Kier alpha value is -3.89. The monoisotopic (exact) mass is 554 g/mol. The number of halogens is 1. The summed E-state index contributed by atoms with van der Waals surface area (Å²) >= 11 is 6.54. The zero-order chi connectivity index (χ0) is 27.3. The molecule has 0 amide bonds. The van der Waals surface area contributed by atoms with E-state index in [1.54, 1.807) is 37.4 Å². The van der Waals surface area contributed by atoms with Crippen LogP contribution in [0.2, 0.25) is 5.15 Å². The van der Waals surface area contributed by atoms with Crippen LogP contribution in [0.3, 0.4) is 0 Å². The van der Waals surface area contributed by atoms with E-state index in [1.165, 1.54) is 19.4 Å². The number of rotatable bonds is 10. The quantitative estimate of drug-likeness (QED) is 0.243. The lowest BCUT2D eigenvalue weighted by atomic mass is 10.1. The predicted molar refractivity (Wildman–Crippen MR) is 145 cm³/mol. The first kappa shape index (κ1) is 27.2. The number of nitrogens with one attached hydrogen (secondary N) is 1. The molecule has 2 heterocycles. The maximum atomic E-state index is 13.3. The van der Waals surface area contributed by atoms with Crippen LogP contribution in [0.15, 0.2) is 71.9 Å². The molecule has 0 spiro atoms. The molecule has 0 atom stereocenters. The van der Waals surface area contributed by atoms with Crippen LogP contribution in [-0.4, -0.2) is 37.6 Å². The van der Waals surface area contributed by atoms with Crippen LogP contribution in [0.5, 0.6) is 23.0 Å². The molecule has 0 saturated heterocycles. The molecular weight excluding hydrogens is 528 g/mol. The minimum absolute atomic E-state index is 0.0760. The third kappa shape index (κ3) is 6.32. The van der Waals surface area contributed by atoms with Gasteiger partial charge in [-0.15, -0.1) is 0 Å². The molecule has 198 valence electrons. The summed E-state index contributed by atoms with van der Waals surface area (Å²) < 4.78 is 45.7. The minimum Gasteiger partial charge on any atom is -0.497 e. The van der Waals surface area contributed by atoms with Crippen LogP contribution in [0.4, 0.5) is 5.82 Å². The first-order chi connectivity index (χ1) is 18.2. The third-order valence-corrected chi connectivity index (χ3v) is 7.09. The number of hydrogen-bond acceptors (Lipinski definition) is 8. The number of pyridine rings is 1. The lowest BCUT2D eigenvalue weighted by Crippen LogP contribution is -2.17. The number of para-hydroxylation sites is 2. The van der Waals surface area contributed by atoms with Crippen molar-refractivity contribution in [1.29, 1.82) is 0 Å². The Balaban J connectivity index is 1.75. The van der Waals surface area contributed by atoms with E-state index in [1.807, 2.05) is 38.1 Å². The number of nitrogens with zero attached hydrogens (tertiary/aromatic N) is 3. The van der Waals surface area contributed by atoms with E-state index in [0.29, 0.717) is 17.2 Å². The molecule has 38 heavy (non-hydrogen) atoms. The molecule has 2 aromatic heterocycles. The van der Waals surface area contributed by atoms with E-state index >= 15 is 0 Å². The molecule has 11 heteroatoms. The maximum Gasteiger partial charge on any atom is 0.280 e. The average Bonchev–Trinajstić information content (AvgIpc) is 2.91. The molecule has 0 unspecified atom stereocenters. The summed E-state index contributed by atoms with van der Waals surface area (Å²) in [6, 6.07) is 17.4. The van der Waals surface area contributed by atoms with Crippen LogP contribution < -0.4 is 18.9 Å². The van der Waals surface area contributed by atoms with Crippen LogP contribution >= 0.6 is 11.6 Å². The summed E-state index contributed by atoms with van der Waals surface area (Å²) in [5.41, 5.74) is 1.76. The van der Waals surface area contributed by atoms with Gasteiger partial charge in [0.15, 0.2) is 27.5 Å². The first-order valence-corrected chi connectivity index (χ1v) is 13.5. The van der Waals surface area contributed by atoms with Crippen molar-refractivity contribution in [3.63, 3.8) is 0 Å². The number of anilines is 1. The zero-order valence-electron chi connectivity index (χ0n) is 21.3. The van der Waals surface area contributed by atoms with Gasteiger partial charge in [0.2, 0.25) is 5.75 Å². The van der Waals surface area contributed by atoms with Crippen molar-refractivity contribution in [2.45, 2.75) is 31.2 Å². The largest absolute Gasteiger partial charge is 0.497 e. The fourth-order valence-electron chi connectivity index (χ4n) is 3.56. The highest BCUT2D eigenvalue weighted by Gasteiger charge is 2.24. The fourth-order valence-corrected chi connectivity index (χ4v) is 4.72. The second-order valence-electron chi connectivity index (χ2n) is 8.58. The SMILES string of the molecule is COc1cccc(Cc2nc(Cl)c(Oc3ccccc3OC)c(NS(=O)(=O)c3ccc(C(C)C)cn3)n2)c1. The number of methoxy groups -OCH3 is 2. The lowest BCUT2D eigenvalue weighted by molar-refractivity contribution is 0.378. The molecule has 2 aromatic carbocycles. The highest BCUT2D eigenvalue weighted by molar-refractivity contribution is 7.92. The van der Waals surface area contributed by atoms with E-state index in [-0.39, 0.29) is 39.9 Å². The van der Waals surface area contributed by atoms with Gasteiger partial charge in [0.1, 0.15) is 11.6 Å². The molecule has 0 radical (unpaired) electrons. The Morgan fingerprint density at radius 3 is 2.37 bits per heavy atom. The Kier molecular flexibility index (Phi) is 8.33. The third-order valence-electron chi connectivity index (χ3n) is 5.58. The zero-order valence-corrected chi connectivity index (χ0v) is 22.9. The molecule has 0 aliphatic heterocycles. The number of benzene rings is 2. The second kappa shape index (κ2) is 11.7. The maximum absolute atomic E-state index is 13.3. The lowest BCUT2D eigenvalue weighted by Gasteiger charge is -2.16. The number of ether oxygens (including phenoxy) is 3. The Morgan fingerprint density at radius 1 is 0.947 bits per heavy atom. The Labute approximate surface area is 226 Å². The highest BCUT2D eigenvalue weighted by atomic mass is 35.5. The van der Waals surface area contributed by atoms with Crippen molar-refractivity contribution >= 4 is 27.4 Å². The number of sulfonamides is 1. The second-order valence-corrected chi connectivity index (χ2v) is 10.6. The smallest absolute Gasteiger partial charge is 0.280 e. The van der Waals surface area contributed by atoms with Gasteiger partial charge in [-0.05, 0) is 47.4 Å². The summed E-state index contributed by atoms with van der Waals surface area (Å²) in [5, 5.41) is -0.251. The molecule has 9 nitrogen and oxygen atoms in total. The van der Waals surface area contributed by atoms with Gasteiger partial charge in [0.25, 0.3) is 10.0 Å². The summed E-state index contributed by atoms with van der Waals surface area (Å²) in [6.07, 6.45) is 1.80. The van der Waals surface area contributed by atoms with Crippen molar-refractivity contribution in [2.24, 2.45) is 0 Å². The number of hydrogen-bond donors (Lipinski definition) is 1. The van der Waals surface area contributed by atoms with Crippen molar-refractivity contribution in [3.8, 4) is 23.0 Å². The summed E-state index contributed by atoms with van der Waals surface area (Å²) in [4.78, 5) is 13.0. The van der Waals surface area contributed by atoms with Crippen LogP contribution in [-0.2, 0) is 16.4 Å². The van der Waals surface area contributed by atoms with E-state index < -0.39 is 10.0 Å². The first-order valence-electron chi connectivity index (χ1n) is 11.7. The minimum atomic E-state index is -4.14. The highest BCUT2D eigenvalue weighted by Crippen LogP contribution is 2.39. The van der Waals surface area contributed by atoms with Gasteiger partial charge in [0, 0.05) is 12.6 Å². The number of aromatic nitrogens is 3. The molecular formula is C27H27ClN4O5S. The van der Waals surface area contributed by atoms with E-state index in [2.05, 4.69) is 19.7 Å². The molecule has 0 fully saturated rings. The Morgan fingerprint density at radius 2 is 1.71 bits per heavy atom. The molecule has 4 aromatic rings. The summed E-state index contributed by atoms with van der Waals surface area (Å²) in [5.74, 6) is 1.66. The molecule has 0 saturated carbocycles. The van der Waals surface area contributed by atoms with Crippen molar-refractivity contribution in [2.75, 3.05) is 18.9 Å². The van der Waals surface area contributed by atoms with Gasteiger partial charge in [-0.3, -0.25) is 4.72 Å². The fraction of sp³-hybridized carbons (Fsp3) is 0.222. The standard InChI is InChI=1S/C27H27ClN4O5S/c1-17(2)19-12-13-24(29-16-19)38(33,34)32-27-25(37-22-11-6-5-10-21(22)36-4)26(28)30-23(31-27)15-18-8-7-9-20(14-18)35-3/h5-14,16-17H,15H2,1-4H3,(H,30,31,32). The van der Waals surface area contributed by atoms with E-state index in [4.69, 9.17) is 25.8 Å². The molecule has 1 N–H and O–H groups in total. The summed E-state index contributed by atoms with van der Waals surface area (Å²) in [7, 11) is -1.08. The van der Waals surface area contributed by atoms with E-state index in [9.17, 15) is 8.42 Å². The van der Waals surface area contributed by atoms with Gasteiger partial charge in [-0.2, -0.15) is 8.42 Å². The van der Waals surface area contributed by atoms with Crippen molar-refractivity contribution in [3.05, 3.63) is 89.0 Å². The molecule has 0 aliphatic rings. The van der Waals surface area contributed by atoms with Crippen molar-refractivity contribution < 1.29 is 22.6 Å². The average molecular weight is 555 g/mol. The van der Waals surface area contributed by atoms with Crippen LogP contribution in [0, 0.1) is 0 Å². The normalized spacial score (nSPS) is 11.3. The summed E-state index contributed by atoms with van der Waals surface area (Å²) in [6.45, 7) is 4.00. The predicted octanol–water partition coefficient (Wildman–Crippen LogP) is 5.85. The molecule has 0 aliphatic carbocycles. The van der Waals surface area contributed by atoms with Crippen molar-refractivity contribution in [1.82, 2.24) is 15.0 Å². The molecule has 0 bridgehead atoms. The Bertz CT molecular complexity index is 1530. The van der Waals surface area contributed by atoms with Crippen LogP contribution in [0.1, 0.15) is 36.7 Å². The van der Waals surface area contributed by atoms with Gasteiger partial charge in [-0.25, -0.2) is 15.0 Å². The van der Waals surface area contributed by atoms with E-state index in [0.717, 1.165) is 11.1 Å².